The fourth-order valence-corrected chi connectivity index (χ4v) is 3.26. The summed E-state index contributed by atoms with van der Waals surface area (Å²) in [6.07, 6.45) is -0.456. The van der Waals surface area contributed by atoms with Crippen molar-refractivity contribution in [1.29, 1.82) is 0 Å². The SMILES string of the molecule is CC.COC(=O)[C@@H]1C[C@H](OSc2ccc(Br)cc2)CN1C(=O)OC(C)(C)C. The van der Waals surface area contributed by atoms with E-state index in [0.29, 0.717) is 6.42 Å². The highest BCUT2D eigenvalue weighted by atomic mass is 79.9. The van der Waals surface area contributed by atoms with Crippen molar-refractivity contribution in [3.63, 3.8) is 0 Å². The first kappa shape index (κ1) is 23.8. The van der Waals surface area contributed by atoms with Crippen LogP contribution in [0.4, 0.5) is 4.79 Å². The number of carbonyl (C=O) groups is 2. The molecule has 1 aromatic carbocycles. The fourth-order valence-electron chi connectivity index (χ4n) is 2.36. The summed E-state index contributed by atoms with van der Waals surface area (Å²) in [7, 11) is 1.31. The second kappa shape index (κ2) is 10.9. The van der Waals surface area contributed by atoms with Gasteiger partial charge in [0.15, 0.2) is 0 Å². The monoisotopic (exact) mass is 461 g/mol. The molecular formula is C19H28BrNO5S. The minimum atomic E-state index is -0.699. The van der Waals surface area contributed by atoms with E-state index < -0.39 is 23.7 Å². The number of carbonyl (C=O) groups excluding carboxylic acids is 2. The van der Waals surface area contributed by atoms with Crippen LogP contribution in [0, 0.1) is 0 Å². The van der Waals surface area contributed by atoms with Crippen LogP contribution in [-0.4, -0.2) is 48.4 Å². The van der Waals surface area contributed by atoms with Crippen LogP contribution in [0.25, 0.3) is 0 Å². The van der Waals surface area contributed by atoms with Crippen LogP contribution in [0.5, 0.6) is 0 Å². The summed E-state index contributed by atoms with van der Waals surface area (Å²) in [6.45, 7) is 9.63. The lowest BCUT2D eigenvalue weighted by Gasteiger charge is -2.27. The summed E-state index contributed by atoms with van der Waals surface area (Å²) in [6, 6.07) is 6.99. The number of ether oxygens (including phenoxy) is 2. The predicted molar refractivity (Wildman–Crippen MR) is 110 cm³/mol. The lowest BCUT2D eigenvalue weighted by molar-refractivity contribution is -0.145. The first-order chi connectivity index (χ1) is 12.7. The zero-order chi connectivity index (χ0) is 20.6. The van der Waals surface area contributed by atoms with E-state index in [0.717, 1.165) is 9.37 Å². The van der Waals surface area contributed by atoms with Crippen molar-refractivity contribution >= 4 is 40.0 Å². The van der Waals surface area contributed by atoms with Crippen molar-refractivity contribution in [2.75, 3.05) is 13.7 Å². The molecule has 1 heterocycles. The van der Waals surface area contributed by atoms with Crippen LogP contribution in [0.3, 0.4) is 0 Å². The Balaban J connectivity index is 0.00000176. The largest absolute Gasteiger partial charge is 0.467 e. The summed E-state index contributed by atoms with van der Waals surface area (Å²) in [4.78, 5) is 26.7. The van der Waals surface area contributed by atoms with Crippen LogP contribution in [0.15, 0.2) is 33.6 Å². The van der Waals surface area contributed by atoms with Gasteiger partial charge in [0.05, 0.1) is 19.8 Å². The lowest BCUT2D eigenvalue weighted by Crippen LogP contribution is -2.43. The third-order valence-electron chi connectivity index (χ3n) is 3.46. The van der Waals surface area contributed by atoms with Gasteiger partial charge in [-0.3, -0.25) is 4.90 Å². The fraction of sp³-hybridized carbons (Fsp3) is 0.579. The van der Waals surface area contributed by atoms with Crippen LogP contribution in [0.1, 0.15) is 41.0 Å². The van der Waals surface area contributed by atoms with Gasteiger partial charge in [-0.15, -0.1) is 0 Å². The van der Waals surface area contributed by atoms with E-state index in [4.69, 9.17) is 13.7 Å². The molecule has 1 saturated heterocycles. The number of esters is 1. The molecule has 1 aliphatic rings. The summed E-state index contributed by atoms with van der Waals surface area (Å²) < 4.78 is 17.0. The smallest absolute Gasteiger partial charge is 0.411 e. The highest BCUT2D eigenvalue weighted by Gasteiger charge is 2.43. The molecule has 8 heteroatoms. The van der Waals surface area contributed by atoms with Crippen molar-refractivity contribution in [2.24, 2.45) is 0 Å². The van der Waals surface area contributed by atoms with E-state index in [1.54, 1.807) is 20.8 Å². The Morgan fingerprint density at radius 3 is 2.30 bits per heavy atom. The van der Waals surface area contributed by atoms with Crippen LogP contribution in [0.2, 0.25) is 0 Å². The van der Waals surface area contributed by atoms with Crippen molar-refractivity contribution in [2.45, 2.75) is 63.7 Å². The quantitative estimate of drug-likeness (QED) is 0.461. The minimum absolute atomic E-state index is 0.276. The van der Waals surface area contributed by atoms with Crippen molar-refractivity contribution in [1.82, 2.24) is 4.90 Å². The molecule has 0 radical (unpaired) electrons. The number of likely N-dealkylation sites (tertiary alicyclic amines) is 1. The highest BCUT2D eigenvalue weighted by molar-refractivity contribution is 9.10. The molecule has 1 fully saturated rings. The van der Waals surface area contributed by atoms with Gasteiger partial charge >= 0.3 is 12.1 Å². The van der Waals surface area contributed by atoms with Crippen molar-refractivity contribution in [3.8, 4) is 0 Å². The third kappa shape index (κ3) is 7.71. The second-order valence-corrected chi connectivity index (χ2v) is 8.41. The molecule has 0 N–H and O–H groups in total. The molecule has 152 valence electrons. The highest BCUT2D eigenvalue weighted by Crippen LogP contribution is 2.30. The zero-order valence-electron chi connectivity index (χ0n) is 16.7. The lowest BCUT2D eigenvalue weighted by atomic mass is 10.2. The molecule has 2 rings (SSSR count). The molecule has 2 atom stereocenters. The number of benzene rings is 1. The number of amides is 1. The van der Waals surface area contributed by atoms with Gasteiger partial charge in [0, 0.05) is 27.8 Å². The number of halogens is 1. The van der Waals surface area contributed by atoms with E-state index >= 15 is 0 Å². The maximum Gasteiger partial charge on any atom is 0.411 e. The molecule has 0 aliphatic carbocycles. The first-order valence-corrected chi connectivity index (χ1v) is 10.4. The zero-order valence-corrected chi connectivity index (χ0v) is 19.1. The van der Waals surface area contributed by atoms with Gasteiger partial charge in [0.25, 0.3) is 0 Å². The van der Waals surface area contributed by atoms with Crippen LogP contribution < -0.4 is 0 Å². The molecule has 0 unspecified atom stereocenters. The Kier molecular flexibility index (Phi) is 9.62. The molecule has 0 spiro atoms. The molecule has 27 heavy (non-hydrogen) atoms. The molecular weight excluding hydrogens is 434 g/mol. The van der Waals surface area contributed by atoms with Gasteiger partial charge in [-0.1, -0.05) is 29.8 Å². The summed E-state index contributed by atoms with van der Waals surface area (Å²) in [5.74, 6) is -0.467. The molecule has 0 aromatic heterocycles. The van der Waals surface area contributed by atoms with Crippen molar-refractivity contribution in [3.05, 3.63) is 28.7 Å². The average molecular weight is 462 g/mol. The van der Waals surface area contributed by atoms with E-state index in [9.17, 15) is 9.59 Å². The standard InChI is InChI=1S/C17H22BrNO5S.C2H6/c1-17(2,3)23-16(21)19-10-12(9-14(19)15(20)22-4)24-25-13-7-5-11(18)6-8-13;1-2/h5-8,12,14H,9-10H2,1-4H3;1-2H3/t12-,14-;/m0./s1. The van der Waals surface area contributed by atoms with E-state index in [1.807, 2.05) is 38.1 Å². The molecule has 6 nitrogen and oxygen atoms in total. The van der Waals surface area contributed by atoms with Gasteiger partial charge in [-0.05, 0) is 45.0 Å². The molecule has 0 saturated carbocycles. The Morgan fingerprint density at radius 2 is 1.78 bits per heavy atom. The van der Waals surface area contributed by atoms with Gasteiger partial charge in [0.1, 0.15) is 11.6 Å². The topological polar surface area (TPSA) is 65.1 Å². The maximum atomic E-state index is 12.4. The third-order valence-corrected chi connectivity index (χ3v) is 4.82. The van der Waals surface area contributed by atoms with Gasteiger partial charge in [-0.2, -0.15) is 0 Å². The predicted octanol–water partition coefficient (Wildman–Crippen LogP) is 5.05. The van der Waals surface area contributed by atoms with Crippen molar-refractivity contribution < 1.29 is 23.2 Å². The molecule has 1 aromatic rings. The van der Waals surface area contributed by atoms with Crippen LogP contribution >= 0.6 is 28.0 Å². The molecule has 1 amide bonds. The molecule has 1 aliphatic heterocycles. The number of hydrogen-bond acceptors (Lipinski definition) is 6. The Hall–Kier alpha value is -1.25. The van der Waals surface area contributed by atoms with Gasteiger partial charge < -0.3 is 13.7 Å². The summed E-state index contributed by atoms with van der Waals surface area (Å²) in [5, 5.41) is 0. The first-order valence-electron chi connectivity index (χ1n) is 8.86. The summed E-state index contributed by atoms with van der Waals surface area (Å²) in [5.41, 5.74) is -0.636. The number of methoxy groups -OCH3 is 1. The van der Waals surface area contributed by atoms with E-state index in [1.165, 1.54) is 24.1 Å². The Morgan fingerprint density at radius 1 is 1.19 bits per heavy atom. The Bertz CT molecular complexity index is 618. The summed E-state index contributed by atoms with van der Waals surface area (Å²) >= 11 is 4.61. The number of nitrogens with zero attached hydrogens (tertiary/aromatic N) is 1. The normalized spacial score (nSPS) is 19.1. The van der Waals surface area contributed by atoms with E-state index in [2.05, 4.69) is 15.9 Å². The minimum Gasteiger partial charge on any atom is -0.467 e. The molecule has 0 bridgehead atoms. The van der Waals surface area contributed by atoms with Gasteiger partial charge in [-0.25, -0.2) is 9.59 Å². The Labute approximate surface area is 174 Å². The number of rotatable bonds is 4. The average Bonchev–Trinajstić information content (AvgIpc) is 3.05. The van der Waals surface area contributed by atoms with Crippen LogP contribution in [-0.2, 0) is 18.5 Å². The maximum absolute atomic E-state index is 12.4. The number of hydrogen-bond donors (Lipinski definition) is 0. The van der Waals surface area contributed by atoms with E-state index in [-0.39, 0.29) is 12.6 Å². The van der Waals surface area contributed by atoms with Gasteiger partial charge in [0.2, 0.25) is 0 Å². The second-order valence-electron chi connectivity index (χ2n) is 6.66.